The fraction of sp³-hybridized carbons (Fsp3) is 0. The highest BCUT2D eigenvalue weighted by Crippen LogP contribution is 2.20. The summed E-state index contributed by atoms with van der Waals surface area (Å²) >= 11 is 5.97. The van der Waals surface area contributed by atoms with Gasteiger partial charge < -0.3 is 0 Å². The molecule has 0 spiro atoms. The van der Waals surface area contributed by atoms with Crippen molar-refractivity contribution in [1.82, 2.24) is 19.6 Å². The maximum atomic E-state index is 12.1. The first-order valence-electron chi connectivity index (χ1n) is 6.11. The predicted molar refractivity (Wildman–Crippen MR) is 78.4 cm³/mol. The monoisotopic (exact) mass is 299 g/mol. The lowest BCUT2D eigenvalue weighted by molar-refractivity contribution is 0.100. The molecule has 7 heteroatoms. The van der Waals surface area contributed by atoms with Crippen molar-refractivity contribution in [2.24, 2.45) is 0 Å². The molecule has 0 radical (unpaired) electrons. The average molecular weight is 300 g/mol. The summed E-state index contributed by atoms with van der Waals surface area (Å²) in [5, 5.41) is 0.601. The van der Waals surface area contributed by atoms with Gasteiger partial charge in [-0.1, -0.05) is 23.7 Å². The number of imidazole rings is 1. The van der Waals surface area contributed by atoms with Gasteiger partial charge in [0.25, 0.3) is 5.91 Å². The largest absolute Gasteiger partial charge is 0.288 e. The Morgan fingerprint density at radius 1 is 1.19 bits per heavy atom. The molecule has 3 aromatic rings. The maximum Gasteiger partial charge on any atom is 0.288 e. The number of carbonyl (C=O) groups is 1. The second kappa shape index (κ2) is 5.72. The van der Waals surface area contributed by atoms with E-state index in [1.54, 1.807) is 24.5 Å². The van der Waals surface area contributed by atoms with Crippen LogP contribution in [0, 0.1) is 0 Å². The van der Waals surface area contributed by atoms with Gasteiger partial charge in [0.2, 0.25) is 0 Å². The van der Waals surface area contributed by atoms with Gasteiger partial charge in [0.05, 0.1) is 0 Å². The van der Waals surface area contributed by atoms with Crippen LogP contribution in [0.5, 0.6) is 0 Å². The lowest BCUT2D eigenvalue weighted by Gasteiger charge is -2.09. The minimum absolute atomic E-state index is 0.274. The van der Waals surface area contributed by atoms with Crippen molar-refractivity contribution >= 4 is 17.5 Å². The summed E-state index contributed by atoms with van der Waals surface area (Å²) < 4.78 is 1.52. The average Bonchev–Trinajstić information content (AvgIpc) is 2.96. The number of rotatable bonds is 3. The molecule has 2 aromatic heterocycles. The van der Waals surface area contributed by atoms with Crippen molar-refractivity contribution in [1.29, 1.82) is 0 Å². The number of nitrogens with one attached hydrogen (secondary N) is 1. The second-order valence-electron chi connectivity index (χ2n) is 4.17. The highest BCUT2D eigenvalue weighted by molar-refractivity contribution is 6.30. The standard InChI is InChI=1S/C14H10ClN5O/c15-11-3-1-2-10(8-11)13-17-6-7-20(13)19-14(21)12-4-5-16-9-18-12/h1-9H,(H,19,21). The Morgan fingerprint density at radius 3 is 2.86 bits per heavy atom. The van der Waals surface area contributed by atoms with E-state index >= 15 is 0 Å². The number of carbonyl (C=O) groups excluding carboxylic acids is 1. The number of aromatic nitrogens is 4. The molecule has 1 aromatic carbocycles. The highest BCUT2D eigenvalue weighted by atomic mass is 35.5. The Kier molecular flexibility index (Phi) is 3.61. The maximum absolute atomic E-state index is 12.1. The molecule has 2 heterocycles. The number of hydrogen-bond acceptors (Lipinski definition) is 4. The van der Waals surface area contributed by atoms with Crippen molar-refractivity contribution in [3.63, 3.8) is 0 Å². The van der Waals surface area contributed by atoms with Crippen LogP contribution in [-0.2, 0) is 0 Å². The second-order valence-corrected chi connectivity index (χ2v) is 4.60. The van der Waals surface area contributed by atoms with Gasteiger partial charge in [-0.15, -0.1) is 0 Å². The van der Waals surface area contributed by atoms with Gasteiger partial charge in [0.1, 0.15) is 12.0 Å². The van der Waals surface area contributed by atoms with E-state index < -0.39 is 0 Å². The van der Waals surface area contributed by atoms with Crippen molar-refractivity contribution in [3.05, 3.63) is 66.0 Å². The van der Waals surface area contributed by atoms with E-state index in [2.05, 4.69) is 20.4 Å². The first-order chi connectivity index (χ1) is 10.2. The van der Waals surface area contributed by atoms with E-state index in [1.807, 2.05) is 12.1 Å². The van der Waals surface area contributed by atoms with E-state index in [4.69, 9.17) is 11.6 Å². The number of amides is 1. The summed E-state index contributed by atoms with van der Waals surface area (Å²) in [7, 11) is 0. The zero-order chi connectivity index (χ0) is 14.7. The zero-order valence-corrected chi connectivity index (χ0v) is 11.5. The summed E-state index contributed by atoms with van der Waals surface area (Å²) in [6.07, 6.45) is 6.07. The molecule has 0 saturated carbocycles. The summed E-state index contributed by atoms with van der Waals surface area (Å²) in [6, 6.07) is 8.77. The molecule has 1 N–H and O–H groups in total. The molecule has 0 aliphatic carbocycles. The Morgan fingerprint density at radius 2 is 2.10 bits per heavy atom. The lowest BCUT2D eigenvalue weighted by Crippen LogP contribution is -2.23. The van der Waals surface area contributed by atoms with Gasteiger partial charge in [-0.05, 0) is 18.2 Å². The van der Waals surface area contributed by atoms with E-state index in [-0.39, 0.29) is 11.6 Å². The lowest BCUT2D eigenvalue weighted by atomic mass is 10.2. The number of nitrogens with zero attached hydrogens (tertiary/aromatic N) is 4. The van der Waals surface area contributed by atoms with Gasteiger partial charge in [0.15, 0.2) is 5.82 Å². The summed E-state index contributed by atoms with van der Waals surface area (Å²) in [6.45, 7) is 0. The quantitative estimate of drug-likeness (QED) is 0.806. The van der Waals surface area contributed by atoms with Gasteiger partial charge in [-0.3, -0.25) is 10.2 Å². The van der Waals surface area contributed by atoms with Gasteiger partial charge >= 0.3 is 0 Å². The van der Waals surface area contributed by atoms with Crippen LogP contribution in [0.15, 0.2) is 55.2 Å². The van der Waals surface area contributed by atoms with Crippen LogP contribution in [0.25, 0.3) is 11.4 Å². The zero-order valence-electron chi connectivity index (χ0n) is 10.8. The summed E-state index contributed by atoms with van der Waals surface area (Å²) in [4.78, 5) is 24.0. The molecule has 3 rings (SSSR count). The third kappa shape index (κ3) is 2.90. The molecule has 0 aliphatic heterocycles. The fourth-order valence-electron chi connectivity index (χ4n) is 1.83. The number of halogens is 1. The van der Waals surface area contributed by atoms with E-state index in [1.165, 1.54) is 23.3 Å². The van der Waals surface area contributed by atoms with Crippen LogP contribution in [0.1, 0.15) is 10.5 Å². The number of benzene rings is 1. The van der Waals surface area contributed by atoms with Crippen LogP contribution in [0.2, 0.25) is 5.02 Å². The minimum atomic E-state index is -0.348. The predicted octanol–water partition coefficient (Wildman–Crippen LogP) is 2.38. The molecule has 0 unspecified atom stereocenters. The first-order valence-corrected chi connectivity index (χ1v) is 6.48. The first kappa shape index (κ1) is 13.3. The molecule has 1 amide bonds. The van der Waals surface area contributed by atoms with Crippen LogP contribution < -0.4 is 5.43 Å². The Labute approximate surface area is 125 Å². The fourth-order valence-corrected chi connectivity index (χ4v) is 2.02. The highest BCUT2D eigenvalue weighted by Gasteiger charge is 2.11. The Balaban J connectivity index is 1.88. The molecular weight excluding hydrogens is 290 g/mol. The van der Waals surface area contributed by atoms with E-state index in [0.717, 1.165) is 5.56 Å². The summed E-state index contributed by atoms with van der Waals surface area (Å²) in [5.74, 6) is 0.235. The van der Waals surface area contributed by atoms with E-state index in [0.29, 0.717) is 10.8 Å². The number of hydrogen-bond donors (Lipinski definition) is 1. The third-order valence-electron chi connectivity index (χ3n) is 2.76. The summed E-state index contributed by atoms with van der Waals surface area (Å²) in [5.41, 5.74) is 3.78. The molecule has 0 atom stereocenters. The normalized spacial score (nSPS) is 10.3. The van der Waals surface area contributed by atoms with Gasteiger partial charge in [-0.2, -0.15) is 0 Å². The van der Waals surface area contributed by atoms with Crippen LogP contribution in [0.4, 0.5) is 0 Å². The minimum Gasteiger partial charge on any atom is -0.266 e. The Bertz CT molecular complexity index is 772. The van der Waals surface area contributed by atoms with E-state index in [9.17, 15) is 4.79 Å². The van der Waals surface area contributed by atoms with Gasteiger partial charge in [-0.25, -0.2) is 19.6 Å². The SMILES string of the molecule is O=C(Nn1ccnc1-c1cccc(Cl)c1)c1ccncn1. The molecule has 6 nitrogen and oxygen atoms in total. The van der Waals surface area contributed by atoms with Crippen molar-refractivity contribution in [3.8, 4) is 11.4 Å². The molecule has 104 valence electrons. The van der Waals surface area contributed by atoms with Crippen molar-refractivity contribution < 1.29 is 4.79 Å². The van der Waals surface area contributed by atoms with Crippen LogP contribution >= 0.6 is 11.6 Å². The molecular formula is C14H10ClN5O. The van der Waals surface area contributed by atoms with Crippen LogP contribution in [0.3, 0.4) is 0 Å². The molecule has 0 bridgehead atoms. The van der Waals surface area contributed by atoms with Gasteiger partial charge in [0, 0.05) is 29.2 Å². The molecule has 0 saturated heterocycles. The molecule has 21 heavy (non-hydrogen) atoms. The third-order valence-corrected chi connectivity index (χ3v) is 3.00. The van der Waals surface area contributed by atoms with Crippen LogP contribution in [-0.4, -0.2) is 25.5 Å². The topological polar surface area (TPSA) is 72.7 Å². The Hall–Kier alpha value is -2.73. The molecule has 0 fully saturated rings. The van der Waals surface area contributed by atoms with Crippen molar-refractivity contribution in [2.75, 3.05) is 5.43 Å². The van der Waals surface area contributed by atoms with Crippen molar-refractivity contribution in [2.45, 2.75) is 0 Å². The molecule has 0 aliphatic rings. The smallest absolute Gasteiger partial charge is 0.266 e.